The molecule has 24 heavy (non-hydrogen) atoms. The molecule has 128 valence electrons. The highest BCUT2D eigenvalue weighted by Gasteiger charge is 2.31. The van der Waals surface area contributed by atoms with Crippen molar-refractivity contribution in [2.45, 2.75) is 32.7 Å². The van der Waals surface area contributed by atoms with Crippen molar-refractivity contribution in [1.82, 2.24) is 9.78 Å². The summed E-state index contributed by atoms with van der Waals surface area (Å²) in [4.78, 5) is 12.3. The van der Waals surface area contributed by atoms with Crippen molar-refractivity contribution in [3.63, 3.8) is 0 Å². The first kappa shape index (κ1) is 16.7. The number of aromatic nitrogens is 2. The molecule has 6 nitrogen and oxygen atoms in total. The maximum absolute atomic E-state index is 12.3. The minimum Gasteiger partial charge on any atom is -0.311 e. The molecule has 1 amide bonds. The van der Waals surface area contributed by atoms with Crippen molar-refractivity contribution >= 4 is 21.6 Å². The van der Waals surface area contributed by atoms with Crippen LogP contribution in [0.3, 0.4) is 0 Å². The van der Waals surface area contributed by atoms with Gasteiger partial charge in [-0.25, -0.2) is 13.1 Å². The summed E-state index contributed by atoms with van der Waals surface area (Å²) < 4.78 is 25.0. The molecule has 0 radical (unpaired) electrons. The van der Waals surface area contributed by atoms with Crippen LogP contribution >= 0.6 is 0 Å². The molecular weight excluding hydrogens is 326 g/mol. The third kappa shape index (κ3) is 3.84. The summed E-state index contributed by atoms with van der Waals surface area (Å²) in [6.07, 6.45) is 0.805. The number of amides is 1. The number of benzene rings is 1. The predicted octanol–water partition coefficient (Wildman–Crippen LogP) is 2.04. The minimum absolute atomic E-state index is 0.0782. The molecule has 0 saturated carbocycles. The molecule has 1 saturated heterocycles. The van der Waals surface area contributed by atoms with Gasteiger partial charge >= 0.3 is 0 Å². The number of nitrogens with zero attached hydrogens (tertiary/aromatic N) is 2. The Morgan fingerprint density at radius 1 is 1.33 bits per heavy atom. The van der Waals surface area contributed by atoms with E-state index in [1.807, 2.05) is 38.1 Å². The highest BCUT2D eigenvalue weighted by atomic mass is 32.2. The number of carbonyl (C=O) groups is 1. The monoisotopic (exact) mass is 347 g/mol. The first-order chi connectivity index (χ1) is 11.3. The fourth-order valence-electron chi connectivity index (χ4n) is 3.05. The smallest absolute Gasteiger partial charge is 0.229 e. The van der Waals surface area contributed by atoms with Crippen molar-refractivity contribution in [3.8, 4) is 0 Å². The lowest BCUT2D eigenvalue weighted by Crippen LogP contribution is -2.20. The number of hydrogen-bond donors (Lipinski definition) is 1. The van der Waals surface area contributed by atoms with Crippen LogP contribution in [0.2, 0.25) is 0 Å². The maximum Gasteiger partial charge on any atom is 0.229 e. The number of anilines is 1. The third-order valence-corrected chi connectivity index (χ3v) is 5.88. The molecule has 1 atom stereocenters. The molecule has 3 rings (SSSR count). The van der Waals surface area contributed by atoms with E-state index < -0.39 is 9.84 Å². The first-order valence-electron chi connectivity index (χ1n) is 7.94. The molecule has 2 aromatic rings. The second-order valence-corrected chi connectivity index (χ2v) is 8.62. The van der Waals surface area contributed by atoms with E-state index in [4.69, 9.17) is 0 Å². The Bertz CT molecular complexity index is 871. The van der Waals surface area contributed by atoms with Crippen LogP contribution in [-0.2, 0) is 21.1 Å². The number of rotatable bonds is 4. The fourth-order valence-corrected chi connectivity index (χ4v) is 4.74. The summed E-state index contributed by atoms with van der Waals surface area (Å²) in [6, 6.07) is 9.37. The Balaban J connectivity index is 1.74. The molecule has 1 N–H and O–H groups in total. The molecule has 7 heteroatoms. The lowest BCUT2D eigenvalue weighted by Gasteiger charge is -2.14. The van der Waals surface area contributed by atoms with Gasteiger partial charge in [0, 0.05) is 6.07 Å². The first-order valence-corrected chi connectivity index (χ1v) is 9.76. The summed E-state index contributed by atoms with van der Waals surface area (Å²) in [5.74, 6) is 0.678. The van der Waals surface area contributed by atoms with Crippen LogP contribution < -0.4 is 5.32 Å². The van der Waals surface area contributed by atoms with Crippen LogP contribution in [-0.4, -0.2) is 35.6 Å². The van der Waals surface area contributed by atoms with E-state index in [-0.39, 0.29) is 29.9 Å². The standard InChI is InChI=1S/C17H21N3O3S/c1-12-4-3-5-14(8-12)10-17(21)18-16-9-13(2)19-20(16)15-6-7-24(22,23)11-15/h3-5,8-9,15H,6-7,10-11H2,1-2H3,(H,18,21). The quantitative estimate of drug-likeness (QED) is 0.918. The lowest BCUT2D eigenvalue weighted by atomic mass is 10.1. The Kier molecular flexibility index (Phi) is 4.45. The number of hydrogen-bond acceptors (Lipinski definition) is 4. The van der Waals surface area contributed by atoms with E-state index in [9.17, 15) is 13.2 Å². The van der Waals surface area contributed by atoms with Crippen LogP contribution in [0.15, 0.2) is 30.3 Å². The van der Waals surface area contributed by atoms with Gasteiger partial charge in [-0.1, -0.05) is 29.8 Å². The summed E-state index contributed by atoms with van der Waals surface area (Å²) in [5.41, 5.74) is 2.81. The largest absolute Gasteiger partial charge is 0.311 e. The van der Waals surface area contributed by atoms with Crippen molar-refractivity contribution in [3.05, 3.63) is 47.2 Å². The van der Waals surface area contributed by atoms with Crippen molar-refractivity contribution in [1.29, 1.82) is 0 Å². The summed E-state index contributed by atoms with van der Waals surface area (Å²) in [7, 11) is -3.01. The highest BCUT2D eigenvalue weighted by molar-refractivity contribution is 7.91. The van der Waals surface area contributed by atoms with Crippen LogP contribution in [0, 0.1) is 13.8 Å². The van der Waals surface area contributed by atoms with Gasteiger partial charge in [-0.15, -0.1) is 0 Å². The Labute approximate surface area is 141 Å². The van der Waals surface area contributed by atoms with Gasteiger partial charge in [0.25, 0.3) is 0 Å². The summed E-state index contributed by atoms with van der Waals surface area (Å²) in [5, 5.41) is 7.24. The predicted molar refractivity (Wildman–Crippen MR) is 92.8 cm³/mol. The van der Waals surface area contributed by atoms with E-state index in [0.717, 1.165) is 16.8 Å². The molecule has 0 aliphatic carbocycles. The van der Waals surface area contributed by atoms with E-state index in [0.29, 0.717) is 12.2 Å². The molecule has 1 aromatic carbocycles. The Hall–Kier alpha value is -2.15. The van der Waals surface area contributed by atoms with Crippen LogP contribution in [0.4, 0.5) is 5.82 Å². The van der Waals surface area contributed by atoms with E-state index >= 15 is 0 Å². The van der Waals surface area contributed by atoms with Gasteiger partial charge in [0.1, 0.15) is 5.82 Å². The molecule has 0 spiro atoms. The summed E-state index contributed by atoms with van der Waals surface area (Å²) >= 11 is 0. The molecule has 1 fully saturated rings. The van der Waals surface area contributed by atoms with Crippen LogP contribution in [0.25, 0.3) is 0 Å². The lowest BCUT2D eigenvalue weighted by molar-refractivity contribution is -0.115. The maximum atomic E-state index is 12.3. The minimum atomic E-state index is -3.01. The van der Waals surface area contributed by atoms with Crippen molar-refractivity contribution < 1.29 is 13.2 Å². The van der Waals surface area contributed by atoms with Crippen molar-refractivity contribution in [2.75, 3.05) is 16.8 Å². The van der Waals surface area contributed by atoms with Crippen molar-refractivity contribution in [2.24, 2.45) is 0 Å². The van der Waals surface area contributed by atoms with Gasteiger partial charge < -0.3 is 5.32 Å². The van der Waals surface area contributed by atoms with Crippen LogP contribution in [0.5, 0.6) is 0 Å². The zero-order valence-corrected chi connectivity index (χ0v) is 14.6. The molecular formula is C17H21N3O3S. The third-order valence-electron chi connectivity index (χ3n) is 4.13. The van der Waals surface area contributed by atoms with Gasteiger partial charge in [-0.2, -0.15) is 5.10 Å². The Morgan fingerprint density at radius 3 is 2.79 bits per heavy atom. The fraction of sp³-hybridized carbons (Fsp3) is 0.412. The van der Waals surface area contributed by atoms with Gasteiger partial charge in [0.15, 0.2) is 9.84 Å². The van der Waals surface area contributed by atoms with E-state index in [1.54, 1.807) is 10.7 Å². The molecule has 1 aromatic heterocycles. The van der Waals surface area contributed by atoms with Gasteiger partial charge in [0.2, 0.25) is 5.91 Å². The molecule has 0 bridgehead atoms. The van der Waals surface area contributed by atoms with Crippen LogP contribution in [0.1, 0.15) is 29.3 Å². The zero-order chi connectivity index (χ0) is 17.3. The second-order valence-electron chi connectivity index (χ2n) is 6.39. The number of sulfone groups is 1. The highest BCUT2D eigenvalue weighted by Crippen LogP contribution is 2.27. The summed E-state index contributed by atoms with van der Waals surface area (Å²) in [6.45, 7) is 3.82. The molecule has 1 aliphatic rings. The SMILES string of the molecule is Cc1cccc(CC(=O)Nc2cc(C)nn2C2CCS(=O)(=O)C2)c1. The average molecular weight is 347 g/mol. The number of carbonyl (C=O) groups excluding carboxylic acids is 1. The molecule has 1 unspecified atom stereocenters. The van der Waals surface area contributed by atoms with Gasteiger partial charge in [0.05, 0.1) is 29.7 Å². The van der Waals surface area contributed by atoms with Gasteiger partial charge in [-0.05, 0) is 25.8 Å². The Morgan fingerprint density at radius 2 is 2.12 bits per heavy atom. The molecule has 1 aliphatic heterocycles. The average Bonchev–Trinajstić information content (AvgIpc) is 3.01. The number of aryl methyl sites for hydroxylation is 2. The number of nitrogens with one attached hydrogen (secondary N) is 1. The molecule has 2 heterocycles. The van der Waals surface area contributed by atoms with Gasteiger partial charge in [-0.3, -0.25) is 4.79 Å². The zero-order valence-electron chi connectivity index (χ0n) is 13.8. The topological polar surface area (TPSA) is 81.1 Å². The van der Waals surface area contributed by atoms with E-state index in [2.05, 4.69) is 10.4 Å². The normalized spacial score (nSPS) is 19.3. The van der Waals surface area contributed by atoms with E-state index in [1.165, 1.54) is 0 Å². The second kappa shape index (κ2) is 6.39.